The fourth-order valence-corrected chi connectivity index (χ4v) is 5.87. The summed E-state index contributed by atoms with van der Waals surface area (Å²) >= 11 is 1.50. The number of nitrogens with zero attached hydrogens (tertiary/aromatic N) is 1. The van der Waals surface area contributed by atoms with E-state index < -0.39 is 0 Å². The number of thioether (sulfide) groups is 1. The maximum absolute atomic E-state index is 13.3. The second-order valence-electron chi connectivity index (χ2n) is 9.29. The lowest BCUT2D eigenvalue weighted by Crippen LogP contribution is -2.24. The zero-order chi connectivity index (χ0) is 26.6. The zero-order valence-corrected chi connectivity index (χ0v) is 22.6. The van der Waals surface area contributed by atoms with E-state index >= 15 is 0 Å². The molecular formula is C32H31N3O2S. The Balaban J connectivity index is 1.31. The molecule has 1 atom stereocenters. The predicted molar refractivity (Wildman–Crippen MR) is 159 cm³/mol. The first-order valence-corrected chi connectivity index (χ1v) is 13.8. The van der Waals surface area contributed by atoms with Crippen molar-refractivity contribution in [2.24, 2.45) is 0 Å². The third-order valence-electron chi connectivity index (χ3n) is 6.78. The summed E-state index contributed by atoms with van der Waals surface area (Å²) in [5, 5.41) is 8.17. The standard InChI is InChI=1S/C32H31N3O2S/c1-4-30(38-24-13-10-12-22(19-24)33-31(36)25-14-7-6-11-21(25)3)32(37)34-23-17-18-29-27(20-23)26-15-8-9-16-28(26)35(29)5-2/h6-20,30H,4-5H2,1-3H3,(H,33,36)(H,34,37). The van der Waals surface area contributed by atoms with Crippen LogP contribution in [0.15, 0.2) is 95.9 Å². The monoisotopic (exact) mass is 521 g/mol. The molecule has 0 fully saturated rings. The van der Waals surface area contributed by atoms with E-state index in [1.54, 1.807) is 0 Å². The Morgan fingerprint density at radius 1 is 0.789 bits per heavy atom. The molecule has 192 valence electrons. The summed E-state index contributed by atoms with van der Waals surface area (Å²) in [5.74, 6) is -0.180. The molecule has 0 aliphatic carbocycles. The van der Waals surface area contributed by atoms with Gasteiger partial charge < -0.3 is 15.2 Å². The van der Waals surface area contributed by atoms with E-state index in [2.05, 4.69) is 52.5 Å². The van der Waals surface area contributed by atoms with Crippen molar-refractivity contribution >= 4 is 56.8 Å². The number of fused-ring (bicyclic) bond motifs is 3. The predicted octanol–water partition coefficient (Wildman–Crippen LogP) is 7.88. The van der Waals surface area contributed by atoms with E-state index in [0.717, 1.165) is 33.6 Å². The Morgan fingerprint density at radius 3 is 2.32 bits per heavy atom. The molecule has 5 aromatic rings. The second kappa shape index (κ2) is 11.2. The quantitative estimate of drug-likeness (QED) is 0.204. The van der Waals surface area contributed by atoms with Crippen molar-refractivity contribution in [3.05, 3.63) is 102 Å². The SMILES string of the molecule is CCC(Sc1cccc(NC(=O)c2ccccc2C)c1)C(=O)Nc1ccc2c(c1)c1ccccc1n2CC. The molecule has 2 N–H and O–H groups in total. The molecule has 0 saturated heterocycles. The summed E-state index contributed by atoms with van der Waals surface area (Å²) < 4.78 is 2.30. The number of hydrogen-bond donors (Lipinski definition) is 2. The van der Waals surface area contributed by atoms with Gasteiger partial charge in [-0.05, 0) is 74.4 Å². The number of para-hydroxylation sites is 1. The van der Waals surface area contributed by atoms with Crippen molar-refractivity contribution in [2.45, 2.75) is 43.9 Å². The molecule has 0 radical (unpaired) electrons. The van der Waals surface area contributed by atoms with Crippen molar-refractivity contribution in [1.29, 1.82) is 0 Å². The molecule has 4 aromatic carbocycles. The Morgan fingerprint density at radius 2 is 1.53 bits per heavy atom. The molecule has 0 saturated carbocycles. The van der Waals surface area contributed by atoms with Crippen LogP contribution >= 0.6 is 11.8 Å². The van der Waals surface area contributed by atoms with Crippen LogP contribution in [-0.2, 0) is 11.3 Å². The number of nitrogens with one attached hydrogen (secondary N) is 2. The maximum atomic E-state index is 13.3. The first kappa shape index (κ1) is 25.6. The third-order valence-corrected chi connectivity index (χ3v) is 8.14. The zero-order valence-electron chi connectivity index (χ0n) is 21.8. The highest BCUT2D eigenvalue weighted by Gasteiger charge is 2.19. The van der Waals surface area contributed by atoms with Gasteiger partial charge in [0.05, 0.1) is 5.25 Å². The summed E-state index contributed by atoms with van der Waals surface area (Å²) in [5.41, 5.74) is 5.43. The minimum absolute atomic E-state index is 0.0366. The van der Waals surface area contributed by atoms with Crippen LogP contribution in [-0.4, -0.2) is 21.6 Å². The van der Waals surface area contributed by atoms with Crippen LogP contribution in [0.1, 0.15) is 36.2 Å². The summed E-state index contributed by atoms with van der Waals surface area (Å²) in [6.45, 7) is 6.97. The van der Waals surface area contributed by atoms with Gasteiger partial charge >= 0.3 is 0 Å². The number of benzene rings is 4. The average Bonchev–Trinajstić information content (AvgIpc) is 3.25. The Labute approximate surface area is 227 Å². The van der Waals surface area contributed by atoms with Gasteiger partial charge in [0, 0.05) is 50.2 Å². The summed E-state index contributed by atoms with van der Waals surface area (Å²) in [7, 11) is 0. The fraction of sp³-hybridized carbons (Fsp3) is 0.188. The van der Waals surface area contributed by atoms with Gasteiger partial charge in [0.15, 0.2) is 0 Å². The second-order valence-corrected chi connectivity index (χ2v) is 10.6. The molecule has 5 nitrogen and oxygen atoms in total. The molecule has 1 aromatic heterocycles. The van der Waals surface area contributed by atoms with Gasteiger partial charge in [-0.25, -0.2) is 0 Å². The van der Waals surface area contributed by atoms with Crippen LogP contribution in [0.3, 0.4) is 0 Å². The van der Waals surface area contributed by atoms with Crippen LogP contribution < -0.4 is 10.6 Å². The van der Waals surface area contributed by atoms with Crippen molar-refractivity contribution in [3.8, 4) is 0 Å². The number of amides is 2. The van der Waals surface area contributed by atoms with Gasteiger partial charge in [0.2, 0.25) is 5.91 Å². The first-order chi connectivity index (χ1) is 18.5. The minimum atomic E-state index is -0.273. The highest BCUT2D eigenvalue weighted by Crippen LogP contribution is 2.32. The van der Waals surface area contributed by atoms with Crippen LogP contribution in [0.2, 0.25) is 0 Å². The molecule has 6 heteroatoms. The number of carbonyl (C=O) groups excluding carboxylic acids is 2. The van der Waals surface area contributed by atoms with Gasteiger partial charge in [-0.3, -0.25) is 9.59 Å². The van der Waals surface area contributed by atoms with E-state index in [4.69, 9.17) is 0 Å². The lowest BCUT2D eigenvalue weighted by atomic mass is 10.1. The van der Waals surface area contributed by atoms with Crippen molar-refractivity contribution in [1.82, 2.24) is 4.57 Å². The normalized spacial score (nSPS) is 12.0. The van der Waals surface area contributed by atoms with Crippen molar-refractivity contribution in [3.63, 3.8) is 0 Å². The molecule has 1 heterocycles. The number of hydrogen-bond acceptors (Lipinski definition) is 3. The first-order valence-electron chi connectivity index (χ1n) is 12.9. The molecule has 0 spiro atoms. The van der Waals surface area contributed by atoms with Crippen LogP contribution in [0.4, 0.5) is 11.4 Å². The largest absolute Gasteiger partial charge is 0.341 e. The van der Waals surface area contributed by atoms with Crippen molar-refractivity contribution in [2.75, 3.05) is 10.6 Å². The van der Waals surface area contributed by atoms with Gasteiger partial charge in [-0.2, -0.15) is 0 Å². The molecule has 38 heavy (non-hydrogen) atoms. The van der Waals surface area contributed by atoms with E-state index in [9.17, 15) is 9.59 Å². The molecular weight excluding hydrogens is 490 g/mol. The van der Waals surface area contributed by atoms with Crippen LogP contribution in [0, 0.1) is 6.92 Å². The van der Waals surface area contributed by atoms with Crippen LogP contribution in [0.25, 0.3) is 21.8 Å². The summed E-state index contributed by atoms with van der Waals surface area (Å²) in [6.07, 6.45) is 0.674. The fourth-order valence-electron chi connectivity index (χ4n) is 4.85. The maximum Gasteiger partial charge on any atom is 0.255 e. The number of aromatic nitrogens is 1. The molecule has 1 unspecified atom stereocenters. The highest BCUT2D eigenvalue weighted by atomic mass is 32.2. The molecule has 5 rings (SSSR count). The van der Waals surface area contributed by atoms with Crippen LogP contribution in [0.5, 0.6) is 0 Å². The van der Waals surface area contributed by atoms with E-state index in [1.807, 2.05) is 74.5 Å². The number of aryl methyl sites for hydroxylation is 2. The third kappa shape index (κ3) is 5.18. The smallest absolute Gasteiger partial charge is 0.255 e. The number of rotatable bonds is 8. The highest BCUT2D eigenvalue weighted by molar-refractivity contribution is 8.00. The van der Waals surface area contributed by atoms with E-state index in [0.29, 0.717) is 17.7 Å². The molecule has 0 bridgehead atoms. The lowest BCUT2D eigenvalue weighted by molar-refractivity contribution is -0.115. The number of carbonyl (C=O) groups is 2. The molecule has 0 aliphatic heterocycles. The molecule has 2 amide bonds. The van der Waals surface area contributed by atoms with Gasteiger partial charge in [0.25, 0.3) is 5.91 Å². The minimum Gasteiger partial charge on any atom is -0.341 e. The molecule has 0 aliphatic rings. The van der Waals surface area contributed by atoms with E-state index in [-0.39, 0.29) is 17.1 Å². The number of anilines is 2. The van der Waals surface area contributed by atoms with Gasteiger partial charge in [0.1, 0.15) is 0 Å². The van der Waals surface area contributed by atoms with Crippen molar-refractivity contribution < 1.29 is 9.59 Å². The van der Waals surface area contributed by atoms with Gasteiger partial charge in [-0.1, -0.05) is 49.4 Å². The van der Waals surface area contributed by atoms with Gasteiger partial charge in [-0.15, -0.1) is 11.8 Å². The Kier molecular flexibility index (Phi) is 7.52. The van der Waals surface area contributed by atoms with E-state index in [1.165, 1.54) is 22.7 Å². The summed E-state index contributed by atoms with van der Waals surface area (Å²) in [4.78, 5) is 27.0. The lowest BCUT2D eigenvalue weighted by Gasteiger charge is -2.16. The Bertz CT molecular complexity index is 1640. The topological polar surface area (TPSA) is 63.1 Å². The average molecular weight is 522 g/mol. The summed E-state index contributed by atoms with van der Waals surface area (Å²) in [6, 6.07) is 29.7. The Hall–Kier alpha value is -4.03.